The highest BCUT2D eigenvalue weighted by atomic mass is 32.2. The van der Waals surface area contributed by atoms with E-state index in [1.54, 1.807) is 25.1 Å². The van der Waals surface area contributed by atoms with Gasteiger partial charge in [0.2, 0.25) is 15.7 Å². The zero-order valence-electron chi connectivity index (χ0n) is 13.6. The summed E-state index contributed by atoms with van der Waals surface area (Å²) < 4.78 is 36.4. The van der Waals surface area contributed by atoms with Gasteiger partial charge in [0.1, 0.15) is 6.07 Å². The molecule has 0 aromatic heterocycles. The predicted octanol–water partition coefficient (Wildman–Crippen LogP) is 0.562. The van der Waals surface area contributed by atoms with E-state index in [4.69, 9.17) is 14.7 Å². The van der Waals surface area contributed by atoms with Gasteiger partial charge < -0.3 is 9.47 Å². The lowest BCUT2D eigenvalue weighted by Gasteiger charge is -2.26. The first-order valence-electron chi connectivity index (χ1n) is 7.58. The minimum Gasteiger partial charge on any atom is -0.461 e. The summed E-state index contributed by atoms with van der Waals surface area (Å²) in [6.45, 7) is 3.02. The third-order valence-corrected chi connectivity index (χ3v) is 5.21. The van der Waals surface area contributed by atoms with Crippen molar-refractivity contribution in [3.05, 3.63) is 24.3 Å². The first-order valence-corrected chi connectivity index (χ1v) is 9.02. The zero-order chi connectivity index (χ0) is 18.3. The van der Waals surface area contributed by atoms with Crippen LogP contribution in [0.1, 0.15) is 6.92 Å². The van der Waals surface area contributed by atoms with E-state index < -0.39 is 21.7 Å². The first kappa shape index (κ1) is 18.9. The van der Waals surface area contributed by atoms with Crippen molar-refractivity contribution >= 4 is 27.4 Å². The van der Waals surface area contributed by atoms with Gasteiger partial charge in [0.05, 0.1) is 30.4 Å². The van der Waals surface area contributed by atoms with Gasteiger partial charge in [0.25, 0.3) is 0 Å². The van der Waals surface area contributed by atoms with Crippen molar-refractivity contribution in [2.75, 3.05) is 38.3 Å². The minimum absolute atomic E-state index is 0.0873. The quantitative estimate of drug-likeness (QED) is 0.443. The molecule has 1 saturated heterocycles. The fraction of sp³-hybridized carbons (Fsp3) is 0.400. The van der Waals surface area contributed by atoms with Crippen molar-refractivity contribution in [1.29, 1.82) is 5.26 Å². The van der Waals surface area contributed by atoms with Crippen molar-refractivity contribution in [3.63, 3.8) is 0 Å². The Morgan fingerprint density at radius 2 is 2.16 bits per heavy atom. The van der Waals surface area contributed by atoms with E-state index in [0.29, 0.717) is 32.0 Å². The molecule has 1 aromatic carbocycles. The summed E-state index contributed by atoms with van der Waals surface area (Å²) in [5.41, 5.74) is 2.38. The molecule has 134 valence electrons. The van der Waals surface area contributed by atoms with E-state index in [2.05, 4.69) is 10.5 Å². The number of benzene rings is 1. The van der Waals surface area contributed by atoms with Crippen molar-refractivity contribution in [3.8, 4) is 6.07 Å². The lowest BCUT2D eigenvalue weighted by atomic mass is 10.3. The van der Waals surface area contributed by atoms with Crippen LogP contribution in [0.3, 0.4) is 0 Å². The second-order valence-electron chi connectivity index (χ2n) is 4.95. The van der Waals surface area contributed by atoms with E-state index >= 15 is 0 Å². The second-order valence-corrected chi connectivity index (χ2v) is 6.89. The molecule has 0 spiro atoms. The number of hydrazone groups is 1. The van der Waals surface area contributed by atoms with Crippen molar-refractivity contribution < 1.29 is 22.7 Å². The molecule has 1 aliphatic heterocycles. The molecule has 1 aromatic rings. The zero-order valence-corrected chi connectivity index (χ0v) is 14.5. The number of ether oxygens (including phenoxy) is 2. The monoisotopic (exact) mass is 366 g/mol. The highest BCUT2D eigenvalue weighted by Crippen LogP contribution is 2.20. The van der Waals surface area contributed by atoms with Gasteiger partial charge in [-0.15, -0.1) is 0 Å². The van der Waals surface area contributed by atoms with E-state index in [1.165, 1.54) is 16.4 Å². The molecule has 0 aliphatic carbocycles. The number of hydrogen-bond acceptors (Lipinski definition) is 8. The minimum atomic E-state index is -3.65. The number of anilines is 1. The van der Waals surface area contributed by atoms with Gasteiger partial charge in [-0.3, -0.25) is 5.43 Å². The fourth-order valence-electron chi connectivity index (χ4n) is 2.10. The summed E-state index contributed by atoms with van der Waals surface area (Å²) in [5.74, 6) is -0.852. The summed E-state index contributed by atoms with van der Waals surface area (Å²) >= 11 is 0. The number of esters is 1. The molecule has 1 N–H and O–H groups in total. The van der Waals surface area contributed by atoms with Crippen LogP contribution in [0.5, 0.6) is 0 Å². The Labute approximate surface area is 145 Å². The van der Waals surface area contributed by atoms with E-state index in [0.717, 1.165) is 0 Å². The third-order valence-electron chi connectivity index (χ3n) is 3.31. The molecule has 0 atom stereocenters. The lowest BCUT2D eigenvalue weighted by Crippen LogP contribution is -2.40. The van der Waals surface area contributed by atoms with Gasteiger partial charge >= 0.3 is 5.97 Å². The van der Waals surface area contributed by atoms with Crippen LogP contribution in [0, 0.1) is 11.3 Å². The number of nitriles is 1. The summed E-state index contributed by atoms with van der Waals surface area (Å²) in [4.78, 5) is 11.6. The summed E-state index contributed by atoms with van der Waals surface area (Å²) in [5, 5.41) is 12.6. The predicted molar refractivity (Wildman–Crippen MR) is 89.3 cm³/mol. The average Bonchev–Trinajstić information content (AvgIpc) is 2.63. The van der Waals surface area contributed by atoms with Gasteiger partial charge in [-0.05, 0) is 25.1 Å². The molecular formula is C15H18N4O5S. The van der Waals surface area contributed by atoms with E-state index in [1.807, 2.05) is 0 Å². The van der Waals surface area contributed by atoms with Crippen LogP contribution in [0.2, 0.25) is 0 Å². The molecule has 0 saturated carbocycles. The Morgan fingerprint density at radius 1 is 1.44 bits per heavy atom. The summed E-state index contributed by atoms with van der Waals surface area (Å²) in [7, 11) is -3.65. The fourth-order valence-corrected chi connectivity index (χ4v) is 3.55. The largest absolute Gasteiger partial charge is 0.461 e. The molecule has 0 unspecified atom stereocenters. The van der Waals surface area contributed by atoms with Crippen molar-refractivity contribution in [2.24, 2.45) is 5.10 Å². The molecule has 2 rings (SSSR count). The Balaban J connectivity index is 2.18. The molecule has 25 heavy (non-hydrogen) atoms. The van der Waals surface area contributed by atoms with Crippen LogP contribution in [-0.2, 0) is 24.3 Å². The number of morpholine rings is 1. The Bertz CT molecular complexity index is 794. The average molecular weight is 366 g/mol. The number of carbonyl (C=O) groups is 1. The van der Waals surface area contributed by atoms with Crippen LogP contribution in [0.25, 0.3) is 0 Å². The normalized spacial score (nSPS) is 16.1. The molecule has 0 bridgehead atoms. The number of sulfonamides is 1. The molecule has 0 radical (unpaired) electrons. The van der Waals surface area contributed by atoms with Crippen LogP contribution in [-0.4, -0.2) is 57.3 Å². The molecule has 1 aliphatic rings. The third kappa shape index (κ3) is 4.76. The van der Waals surface area contributed by atoms with Crippen LogP contribution < -0.4 is 5.43 Å². The van der Waals surface area contributed by atoms with Gasteiger partial charge in [-0.1, -0.05) is 6.07 Å². The van der Waals surface area contributed by atoms with E-state index in [-0.39, 0.29) is 11.5 Å². The SMILES string of the molecule is CCOC(=O)C(C#N)=NNc1cccc(S(=O)(=O)N2CCOCC2)c1. The van der Waals surface area contributed by atoms with Gasteiger partial charge in [-0.25, -0.2) is 13.2 Å². The molecule has 10 heteroatoms. The highest BCUT2D eigenvalue weighted by Gasteiger charge is 2.26. The van der Waals surface area contributed by atoms with Gasteiger partial charge in [0, 0.05) is 13.1 Å². The van der Waals surface area contributed by atoms with Crippen molar-refractivity contribution in [2.45, 2.75) is 11.8 Å². The Morgan fingerprint density at radius 3 is 2.80 bits per heavy atom. The smallest absolute Gasteiger partial charge is 0.369 e. The molecule has 9 nitrogen and oxygen atoms in total. The number of nitrogens with zero attached hydrogens (tertiary/aromatic N) is 3. The van der Waals surface area contributed by atoms with Gasteiger partial charge in [0.15, 0.2) is 0 Å². The number of hydrogen-bond donors (Lipinski definition) is 1. The Kier molecular flexibility index (Phi) is 6.46. The van der Waals surface area contributed by atoms with Crippen molar-refractivity contribution in [1.82, 2.24) is 4.31 Å². The maximum atomic E-state index is 12.6. The molecule has 1 heterocycles. The van der Waals surface area contributed by atoms with Crippen LogP contribution >= 0.6 is 0 Å². The van der Waals surface area contributed by atoms with Gasteiger partial charge in [-0.2, -0.15) is 14.7 Å². The molecule has 0 amide bonds. The number of rotatable bonds is 6. The van der Waals surface area contributed by atoms with Crippen LogP contribution in [0.15, 0.2) is 34.3 Å². The Hall–Kier alpha value is -2.48. The second kappa shape index (κ2) is 8.57. The summed E-state index contributed by atoms with van der Waals surface area (Å²) in [6, 6.07) is 7.59. The maximum Gasteiger partial charge on any atom is 0.369 e. The first-order chi connectivity index (χ1) is 12.0. The topological polar surface area (TPSA) is 121 Å². The number of carbonyl (C=O) groups excluding carboxylic acids is 1. The maximum absolute atomic E-state index is 12.6. The van der Waals surface area contributed by atoms with Crippen LogP contribution in [0.4, 0.5) is 5.69 Å². The molecular weight excluding hydrogens is 348 g/mol. The summed E-state index contributed by atoms with van der Waals surface area (Å²) in [6.07, 6.45) is 0. The highest BCUT2D eigenvalue weighted by molar-refractivity contribution is 7.89. The standard InChI is InChI=1S/C15H18N4O5S/c1-2-24-15(20)14(11-16)18-17-12-4-3-5-13(10-12)25(21,22)19-6-8-23-9-7-19/h3-5,10,17H,2,6-9H2,1H3. The lowest BCUT2D eigenvalue weighted by molar-refractivity contribution is -0.134. The number of nitrogens with one attached hydrogen (secondary N) is 1. The van der Waals surface area contributed by atoms with E-state index in [9.17, 15) is 13.2 Å². The molecule has 1 fully saturated rings.